The summed E-state index contributed by atoms with van der Waals surface area (Å²) in [5.41, 5.74) is 8.99. The minimum Gasteiger partial charge on any atom is -0.117 e. The van der Waals surface area contributed by atoms with Crippen LogP contribution < -0.4 is 0 Å². The van der Waals surface area contributed by atoms with Gasteiger partial charge in [0.15, 0.2) is 0 Å². The summed E-state index contributed by atoms with van der Waals surface area (Å²) in [5.74, 6) is 12.2. The van der Waals surface area contributed by atoms with Crippen LogP contribution >= 0.6 is 0 Å². The lowest BCUT2D eigenvalue weighted by Gasteiger charge is -2.37. The third kappa shape index (κ3) is 5.60. The Morgan fingerprint density at radius 2 is 0.957 bits per heavy atom. The van der Waals surface area contributed by atoms with Crippen molar-refractivity contribution in [1.82, 2.24) is 0 Å². The second-order valence-electron chi connectivity index (χ2n) is 9.02. The van der Waals surface area contributed by atoms with Gasteiger partial charge in [0.1, 0.15) is 16.1 Å². The Hall–Kier alpha value is -0.886. The summed E-state index contributed by atoms with van der Waals surface area (Å²) in [6.45, 7) is 25.4. The van der Waals surface area contributed by atoms with Crippen LogP contribution in [0.15, 0.2) is 0 Å². The maximum absolute atomic E-state index is 3.62. The second-order valence-corrected chi connectivity index (χ2v) is 19.6. The lowest BCUT2D eigenvalue weighted by Crippen LogP contribution is -2.43. The molecular weight excluding hydrogens is 308 g/mol. The molecule has 0 nitrogen and oxygen atoms in total. The van der Waals surface area contributed by atoms with Crippen molar-refractivity contribution in [2.24, 2.45) is 0 Å². The zero-order valence-electron chi connectivity index (χ0n) is 17.2. The molecule has 0 saturated heterocycles. The quantitative estimate of drug-likeness (QED) is 0.418. The van der Waals surface area contributed by atoms with E-state index in [4.69, 9.17) is 0 Å². The molecule has 2 heteroatoms. The van der Waals surface area contributed by atoms with E-state index in [0.29, 0.717) is 16.6 Å². The van der Waals surface area contributed by atoms with Crippen LogP contribution in [-0.2, 0) is 0 Å². The Bertz CT molecular complexity index is 545. The largest absolute Gasteiger partial charge is 0.147 e. The first-order valence-corrected chi connectivity index (χ1v) is 14.1. The zero-order valence-corrected chi connectivity index (χ0v) is 19.2. The topological polar surface area (TPSA) is 0 Å². The van der Waals surface area contributed by atoms with Crippen LogP contribution in [0, 0.1) is 34.8 Å². The Morgan fingerprint density at radius 3 is 1.26 bits per heavy atom. The van der Waals surface area contributed by atoms with E-state index in [-0.39, 0.29) is 5.04 Å². The fraction of sp³-hybridized carbons (Fsp3) is 0.714. The molecule has 128 valence electrons. The molecule has 0 aliphatic carbocycles. The molecule has 0 spiro atoms. The van der Waals surface area contributed by atoms with E-state index in [1.54, 1.807) is 0 Å². The molecule has 23 heavy (non-hydrogen) atoms. The lowest BCUT2D eigenvalue weighted by molar-refractivity contribution is 0.731. The highest BCUT2D eigenvalue weighted by molar-refractivity contribution is 6.90. The van der Waals surface area contributed by atoms with Crippen molar-refractivity contribution in [3.05, 3.63) is 0 Å². The zero-order chi connectivity index (χ0) is 18.5. The standard InChI is InChI=1S/C21H36Si2/c1-18(2)23(19(3)4,20(5)6)17-15-13-12-14-16-22(10,11)21(7,8)9/h18-20H,1-11H3. The first-order valence-electron chi connectivity index (χ1n) is 8.83. The van der Waals surface area contributed by atoms with Gasteiger partial charge in [-0.2, -0.15) is 0 Å². The van der Waals surface area contributed by atoms with Crippen molar-refractivity contribution in [3.63, 3.8) is 0 Å². The van der Waals surface area contributed by atoms with Gasteiger partial charge in [0.05, 0.1) is 0 Å². The van der Waals surface area contributed by atoms with Gasteiger partial charge < -0.3 is 0 Å². The first kappa shape index (κ1) is 22.1. The lowest BCUT2D eigenvalue weighted by atomic mass is 10.2. The van der Waals surface area contributed by atoms with Gasteiger partial charge in [-0.25, -0.2) is 0 Å². The number of hydrogen-bond donors (Lipinski definition) is 0. The average molecular weight is 345 g/mol. The molecule has 0 atom stereocenters. The van der Waals surface area contributed by atoms with E-state index in [1.807, 2.05) is 0 Å². The SMILES string of the molecule is CC(C)[Si](C#CC#CC#C[Si](C)(C)C(C)(C)C)(C(C)C)C(C)C. The minimum atomic E-state index is -1.66. The van der Waals surface area contributed by atoms with Gasteiger partial charge >= 0.3 is 0 Å². The summed E-state index contributed by atoms with van der Waals surface area (Å²) >= 11 is 0. The molecule has 0 aromatic carbocycles. The second kappa shape index (κ2) is 8.28. The van der Waals surface area contributed by atoms with Crippen molar-refractivity contribution < 1.29 is 0 Å². The molecule has 0 aliphatic heterocycles. The Balaban J connectivity index is 5.42. The molecule has 0 N–H and O–H groups in total. The van der Waals surface area contributed by atoms with Crippen LogP contribution in [0.25, 0.3) is 0 Å². The Labute approximate surface area is 148 Å². The molecule has 0 rings (SSSR count). The average Bonchev–Trinajstić information content (AvgIpc) is 2.34. The maximum Gasteiger partial charge on any atom is 0.147 e. The van der Waals surface area contributed by atoms with Gasteiger partial charge in [-0.1, -0.05) is 75.4 Å². The van der Waals surface area contributed by atoms with Crippen molar-refractivity contribution >= 4 is 16.1 Å². The van der Waals surface area contributed by atoms with Crippen LogP contribution in [0.1, 0.15) is 62.3 Å². The molecule has 0 aromatic heterocycles. The number of hydrogen-bond acceptors (Lipinski definition) is 0. The van der Waals surface area contributed by atoms with Gasteiger partial charge in [0.2, 0.25) is 0 Å². The van der Waals surface area contributed by atoms with Crippen molar-refractivity contribution in [3.8, 4) is 34.8 Å². The van der Waals surface area contributed by atoms with Crippen LogP contribution in [0.5, 0.6) is 0 Å². The highest BCUT2D eigenvalue weighted by atomic mass is 28.3. The summed E-state index contributed by atoms with van der Waals surface area (Å²) in [6, 6.07) is 0. The first-order chi connectivity index (χ1) is 10.3. The van der Waals surface area contributed by atoms with Gasteiger partial charge in [-0.3, -0.25) is 0 Å². The highest BCUT2D eigenvalue weighted by Gasteiger charge is 2.41. The van der Waals surface area contributed by atoms with E-state index in [0.717, 1.165) is 0 Å². The molecule has 0 saturated carbocycles. The molecule has 0 radical (unpaired) electrons. The molecule has 0 aliphatic rings. The Kier molecular flexibility index (Phi) is 7.96. The molecule has 0 amide bonds. The fourth-order valence-electron chi connectivity index (χ4n) is 3.01. The maximum atomic E-state index is 3.62. The molecule has 0 heterocycles. The smallest absolute Gasteiger partial charge is 0.117 e. The molecule has 0 fully saturated rings. The van der Waals surface area contributed by atoms with Crippen molar-refractivity contribution in [1.29, 1.82) is 0 Å². The highest BCUT2D eigenvalue weighted by Crippen LogP contribution is 2.40. The van der Waals surface area contributed by atoms with Crippen molar-refractivity contribution in [2.75, 3.05) is 0 Å². The predicted octanol–water partition coefficient (Wildman–Crippen LogP) is 6.26. The third-order valence-corrected chi connectivity index (χ3v) is 16.4. The third-order valence-electron chi connectivity index (χ3n) is 5.58. The van der Waals surface area contributed by atoms with Crippen LogP contribution in [-0.4, -0.2) is 16.1 Å². The summed E-state index contributed by atoms with van der Waals surface area (Å²) in [4.78, 5) is 0. The molecule has 0 aromatic rings. The Morgan fingerprint density at radius 1 is 0.609 bits per heavy atom. The van der Waals surface area contributed by atoms with Crippen LogP contribution in [0.3, 0.4) is 0 Å². The predicted molar refractivity (Wildman–Crippen MR) is 112 cm³/mol. The fourth-order valence-corrected chi connectivity index (χ4v) is 8.91. The van der Waals surface area contributed by atoms with Crippen molar-refractivity contribution in [2.45, 2.75) is 97.1 Å². The summed E-state index contributed by atoms with van der Waals surface area (Å²) in [7, 11) is -3.22. The van der Waals surface area contributed by atoms with E-state index in [9.17, 15) is 0 Å². The van der Waals surface area contributed by atoms with Gasteiger partial charge in [-0.05, 0) is 45.3 Å². The van der Waals surface area contributed by atoms with Gasteiger partial charge in [0.25, 0.3) is 0 Å². The minimum absolute atomic E-state index is 0.280. The number of rotatable bonds is 3. The van der Waals surface area contributed by atoms with Crippen LogP contribution in [0.4, 0.5) is 0 Å². The summed E-state index contributed by atoms with van der Waals surface area (Å²) < 4.78 is 0. The molecule has 0 unspecified atom stereocenters. The monoisotopic (exact) mass is 344 g/mol. The van der Waals surface area contributed by atoms with E-state index in [2.05, 4.69) is 110 Å². The normalized spacial score (nSPS) is 12.3. The van der Waals surface area contributed by atoms with Gasteiger partial charge in [0, 0.05) is 0 Å². The van der Waals surface area contributed by atoms with Gasteiger partial charge in [-0.15, -0.1) is 11.1 Å². The van der Waals surface area contributed by atoms with E-state index in [1.165, 1.54) is 0 Å². The van der Waals surface area contributed by atoms with E-state index >= 15 is 0 Å². The molecular formula is C21H36Si2. The summed E-state index contributed by atoms with van der Waals surface area (Å²) in [5, 5.41) is 0.280. The van der Waals surface area contributed by atoms with E-state index < -0.39 is 16.1 Å². The molecule has 0 bridgehead atoms. The summed E-state index contributed by atoms with van der Waals surface area (Å²) in [6.07, 6.45) is 0. The van der Waals surface area contributed by atoms with Crippen LogP contribution in [0.2, 0.25) is 34.8 Å².